The quantitative estimate of drug-likeness (QED) is 0.103. The van der Waals surface area contributed by atoms with Crippen LogP contribution in [0.25, 0.3) is 10.6 Å². The molecule has 0 radical (unpaired) electrons. The summed E-state index contributed by atoms with van der Waals surface area (Å²) in [7, 11) is 0. The monoisotopic (exact) mass is 602 g/mol. The van der Waals surface area contributed by atoms with Gasteiger partial charge in [-0.15, -0.1) is 12.1 Å². The van der Waals surface area contributed by atoms with Crippen LogP contribution in [0.2, 0.25) is 0 Å². The minimum Gasteiger partial charge on any atom is -0.672 e. The van der Waals surface area contributed by atoms with Crippen LogP contribution in [-0.2, 0) is 18.2 Å². The Morgan fingerprint density at radius 1 is 0.865 bits per heavy atom. The van der Waals surface area contributed by atoms with Crippen molar-refractivity contribution in [2.45, 2.75) is 145 Å². The van der Waals surface area contributed by atoms with Crippen molar-refractivity contribution in [3.63, 3.8) is 0 Å². The maximum Gasteiger partial charge on any atom is 0.269 e. The van der Waals surface area contributed by atoms with Gasteiger partial charge >= 0.3 is 90.7 Å². The third-order valence-electron chi connectivity index (χ3n) is 5.68. The standard InChI is InChI=1S/C15H23N3O2.2C5H11N.C4H9.Mo/c1-5-11(3)16-15(17-12(4)6-2)13-7-9-14(10-8-13)18(19)20;2*1-4-5(2,3)6;1-4(2)3;/h7-12,15H,5-6H2,1-4H3;2*4H2,1-3H3;1-3H3;/q-2;;;-1;. The van der Waals surface area contributed by atoms with Crippen molar-refractivity contribution >= 4 is 5.69 Å². The van der Waals surface area contributed by atoms with Gasteiger partial charge in [0.2, 0.25) is 0 Å². The molecular formula is C29H54MoN5O2-3. The van der Waals surface area contributed by atoms with Crippen molar-refractivity contribution in [2.75, 3.05) is 0 Å². The summed E-state index contributed by atoms with van der Waals surface area (Å²) in [5, 5.41) is 20.1. The molecule has 1 rings (SSSR count). The van der Waals surface area contributed by atoms with Gasteiger partial charge in [0.1, 0.15) is 0 Å². The normalized spacial score (nSPS) is 13.8. The molecule has 7 nitrogen and oxygen atoms in total. The van der Waals surface area contributed by atoms with Gasteiger partial charge in [0.25, 0.3) is 5.69 Å². The van der Waals surface area contributed by atoms with E-state index in [0.29, 0.717) is 0 Å². The van der Waals surface area contributed by atoms with E-state index in [-0.39, 0.29) is 35.0 Å². The smallest absolute Gasteiger partial charge is 0.269 e. The number of benzene rings is 1. The molecule has 0 heterocycles. The first kappa shape index (κ1) is 38.0. The summed E-state index contributed by atoms with van der Waals surface area (Å²) in [4.78, 5) is 10.3. The molecule has 0 amide bonds. The Balaban J connectivity index is 0. The summed E-state index contributed by atoms with van der Waals surface area (Å²) in [6.45, 7) is 27.7. The molecular weight excluding hydrogens is 546 g/mol. The Bertz CT molecular complexity index is 768. The predicted octanol–water partition coefficient (Wildman–Crippen LogP) is 10.4. The van der Waals surface area contributed by atoms with E-state index >= 15 is 0 Å². The van der Waals surface area contributed by atoms with E-state index in [2.05, 4.69) is 97.0 Å². The van der Waals surface area contributed by atoms with Gasteiger partial charge in [-0.05, 0) is 0 Å². The Kier molecular flexibility index (Phi) is 20.4. The molecule has 0 spiro atoms. The Morgan fingerprint density at radius 3 is 1.49 bits per heavy atom. The van der Waals surface area contributed by atoms with Crippen molar-refractivity contribution in [3.05, 3.63) is 56.5 Å². The van der Waals surface area contributed by atoms with E-state index in [1.165, 1.54) is 18.1 Å². The zero-order valence-corrected chi connectivity index (χ0v) is 27.8. The molecule has 0 aliphatic heterocycles. The minimum absolute atomic E-state index is 0.0968. The fourth-order valence-electron chi connectivity index (χ4n) is 2.04. The first-order chi connectivity index (χ1) is 17.0. The molecule has 2 atom stereocenters. The number of nitro benzene ring substituents is 1. The molecule has 37 heavy (non-hydrogen) atoms. The van der Waals surface area contributed by atoms with Gasteiger partial charge in [0.05, 0.1) is 4.92 Å². The van der Waals surface area contributed by atoms with Crippen LogP contribution >= 0.6 is 0 Å². The summed E-state index contributed by atoms with van der Waals surface area (Å²) in [6.07, 6.45) is 3.90. The van der Waals surface area contributed by atoms with E-state index in [0.717, 1.165) is 31.2 Å². The third kappa shape index (κ3) is 20.5. The van der Waals surface area contributed by atoms with E-state index in [1.54, 1.807) is 12.1 Å². The van der Waals surface area contributed by atoms with Crippen LogP contribution in [-0.4, -0.2) is 28.1 Å². The number of hydrogen-bond acceptors (Lipinski definition) is 4. The van der Waals surface area contributed by atoms with Crippen LogP contribution in [0.4, 0.5) is 5.69 Å². The molecule has 0 saturated heterocycles. The second-order valence-electron chi connectivity index (χ2n) is 11.1. The number of nitro groups is 1. The molecule has 8 heteroatoms. The minimum atomic E-state index is -0.492. The first-order valence-corrected chi connectivity index (χ1v) is 15.3. The molecule has 0 saturated carbocycles. The van der Waals surface area contributed by atoms with Gasteiger partial charge in [0.15, 0.2) is 0 Å². The molecule has 216 valence electrons. The molecule has 1 aromatic rings. The van der Waals surface area contributed by atoms with Crippen LogP contribution in [0.1, 0.15) is 127 Å². The summed E-state index contributed by atoms with van der Waals surface area (Å²) in [6, 6.07) is 6.98. The van der Waals surface area contributed by atoms with Gasteiger partial charge in [0, 0.05) is 12.1 Å². The van der Waals surface area contributed by atoms with Crippen LogP contribution in [0.3, 0.4) is 0 Å². The first-order valence-electron chi connectivity index (χ1n) is 13.6. The van der Waals surface area contributed by atoms with Gasteiger partial charge in [-0.25, -0.2) is 6.17 Å². The number of non-ortho nitro benzene ring substituents is 1. The van der Waals surface area contributed by atoms with Crippen LogP contribution in [0.15, 0.2) is 31.3 Å². The topological polar surface area (TPSA) is 96.1 Å². The number of rotatable bonds is 12. The van der Waals surface area contributed by atoms with E-state index in [4.69, 9.17) is 10.6 Å². The molecule has 0 aromatic heterocycles. The van der Waals surface area contributed by atoms with Gasteiger partial charge in [-0.3, -0.25) is 10.1 Å². The van der Waals surface area contributed by atoms with Crippen molar-refractivity contribution < 1.29 is 23.1 Å². The van der Waals surface area contributed by atoms with Crippen molar-refractivity contribution in [1.29, 1.82) is 0 Å². The maximum atomic E-state index is 10.7. The Labute approximate surface area is 236 Å². The summed E-state index contributed by atoms with van der Waals surface area (Å²) in [5.74, 6) is 1.42. The van der Waals surface area contributed by atoms with E-state index in [1.807, 2.05) is 0 Å². The van der Waals surface area contributed by atoms with Gasteiger partial charge in [-0.1, -0.05) is 58.2 Å². The van der Waals surface area contributed by atoms with Crippen LogP contribution in [0.5, 0.6) is 0 Å². The fraction of sp³-hybridized carbons (Fsp3) is 0.759. The summed E-state index contributed by atoms with van der Waals surface area (Å²) >= 11 is -0.492. The van der Waals surface area contributed by atoms with Crippen LogP contribution < -0.4 is 0 Å². The summed E-state index contributed by atoms with van der Waals surface area (Å²) in [5.41, 5.74) is 1.31. The Hall–Kier alpha value is -1.17. The Morgan fingerprint density at radius 2 is 1.22 bits per heavy atom. The van der Waals surface area contributed by atoms with E-state index < -0.39 is 23.1 Å². The number of hydrogen-bond donors (Lipinski definition) is 0. The zero-order valence-electron chi connectivity index (χ0n) is 25.8. The SMILES string of the molecule is CCC(C)(C)[N]=[Mo]=[N]C(C)(C)CC.CCC(C)[N-]C([N-]C(C)CC)c1ccc([N+](=O)[O-])cc1.C[C-](C)C. The van der Waals surface area contributed by atoms with Crippen molar-refractivity contribution in [2.24, 2.45) is 6.99 Å². The van der Waals surface area contributed by atoms with Gasteiger partial charge < -0.3 is 16.6 Å². The largest absolute Gasteiger partial charge is 0.672 e. The zero-order chi connectivity index (χ0) is 29.2. The fourth-order valence-corrected chi connectivity index (χ4v) is 3.86. The van der Waals surface area contributed by atoms with Crippen molar-refractivity contribution in [3.8, 4) is 0 Å². The second-order valence-corrected chi connectivity index (χ2v) is 12.4. The average molecular weight is 601 g/mol. The molecule has 1 aromatic carbocycles. The second kappa shape index (κ2) is 19.8. The molecule has 0 fully saturated rings. The molecule has 0 N–H and O–H groups in total. The molecule has 2 unspecified atom stereocenters. The van der Waals surface area contributed by atoms with Crippen molar-refractivity contribution in [1.82, 2.24) is 0 Å². The van der Waals surface area contributed by atoms with E-state index in [9.17, 15) is 10.1 Å². The maximum absolute atomic E-state index is 10.7. The van der Waals surface area contributed by atoms with Gasteiger partial charge in [-0.2, -0.15) is 20.8 Å². The molecule has 0 aliphatic carbocycles. The molecule has 0 bridgehead atoms. The average Bonchev–Trinajstić information content (AvgIpc) is 2.83. The summed E-state index contributed by atoms with van der Waals surface area (Å²) < 4.78 is 9.34. The predicted molar refractivity (Wildman–Crippen MR) is 156 cm³/mol. The van der Waals surface area contributed by atoms with Crippen LogP contribution in [0, 0.1) is 16.0 Å². The molecule has 0 aliphatic rings. The third-order valence-corrected chi connectivity index (χ3v) is 8.51. The number of nitrogens with zero attached hydrogens (tertiary/aromatic N) is 5.